The van der Waals surface area contributed by atoms with Crippen molar-refractivity contribution in [3.63, 3.8) is 0 Å². The van der Waals surface area contributed by atoms with Crippen LogP contribution in [-0.2, 0) is 9.84 Å². The second-order valence-electron chi connectivity index (χ2n) is 4.71. The van der Waals surface area contributed by atoms with Gasteiger partial charge in [0.15, 0.2) is 9.84 Å². The smallest absolute Gasteiger partial charge is 0.180 e. The Bertz CT molecular complexity index is 448. The van der Waals surface area contributed by atoms with Gasteiger partial charge in [-0.2, -0.15) is 0 Å². The van der Waals surface area contributed by atoms with Crippen LogP contribution in [0.4, 0.5) is 0 Å². The molecule has 0 aromatic heterocycles. The summed E-state index contributed by atoms with van der Waals surface area (Å²) in [5.41, 5.74) is 0. The molecule has 0 saturated heterocycles. The van der Waals surface area contributed by atoms with Crippen LogP contribution in [-0.4, -0.2) is 25.4 Å². The number of aliphatic hydroxyl groups excluding tert-OH is 1. The number of sulfone groups is 1. The first kappa shape index (κ1) is 16.2. The first-order valence-corrected chi connectivity index (χ1v) is 8.71. The van der Waals surface area contributed by atoms with Crippen molar-refractivity contribution < 1.29 is 13.5 Å². The monoisotopic (exact) mass is 284 g/mol. The van der Waals surface area contributed by atoms with E-state index in [1.807, 2.05) is 13.8 Å². The lowest BCUT2D eigenvalue weighted by atomic mass is 10.0. The molecule has 0 aliphatic heterocycles. The quantitative estimate of drug-likeness (QED) is 0.924. The van der Waals surface area contributed by atoms with Gasteiger partial charge in [0.1, 0.15) is 0 Å². The fourth-order valence-electron chi connectivity index (χ4n) is 2.43. The van der Waals surface area contributed by atoms with Crippen LogP contribution in [0.1, 0.15) is 39.5 Å². The molecule has 0 bridgehead atoms. The molecule has 19 heavy (non-hydrogen) atoms. The largest absolute Gasteiger partial charge is 0.392 e. The summed E-state index contributed by atoms with van der Waals surface area (Å²) in [6.07, 6.45) is 3.39. The second-order valence-corrected chi connectivity index (χ2v) is 6.74. The first-order chi connectivity index (χ1) is 9.09. The number of hydrogen-bond donors (Lipinski definition) is 1. The zero-order chi connectivity index (χ0) is 14.3. The van der Waals surface area contributed by atoms with Gasteiger partial charge in [-0.25, -0.2) is 8.42 Å². The molecular weight excluding hydrogens is 260 g/mol. The van der Waals surface area contributed by atoms with Gasteiger partial charge in [0.2, 0.25) is 0 Å². The van der Waals surface area contributed by atoms with Crippen molar-refractivity contribution in [3.8, 4) is 0 Å². The molecule has 108 valence electrons. The van der Waals surface area contributed by atoms with Gasteiger partial charge in [-0.15, -0.1) is 0 Å². The molecule has 1 aromatic carbocycles. The maximum absolute atomic E-state index is 12.0. The Morgan fingerprint density at radius 1 is 1.16 bits per heavy atom. The van der Waals surface area contributed by atoms with Crippen LogP contribution >= 0.6 is 0 Å². The van der Waals surface area contributed by atoms with Gasteiger partial charge in [0.05, 0.1) is 16.8 Å². The van der Waals surface area contributed by atoms with Crippen LogP contribution in [0.3, 0.4) is 0 Å². The van der Waals surface area contributed by atoms with Crippen LogP contribution in [0.15, 0.2) is 35.2 Å². The molecule has 0 amide bonds. The van der Waals surface area contributed by atoms with Gasteiger partial charge in [-0.05, 0) is 30.9 Å². The SMILES string of the molecule is CC.O=S(=O)(C[C@H](O)C1CCCC1)c1ccccc1. The number of hydrogen-bond acceptors (Lipinski definition) is 3. The van der Waals surface area contributed by atoms with Gasteiger partial charge >= 0.3 is 0 Å². The second kappa shape index (κ2) is 7.65. The van der Waals surface area contributed by atoms with Gasteiger partial charge in [0, 0.05) is 0 Å². The van der Waals surface area contributed by atoms with Crippen molar-refractivity contribution in [3.05, 3.63) is 30.3 Å². The summed E-state index contributed by atoms with van der Waals surface area (Å²) in [4.78, 5) is 0.303. The van der Waals surface area contributed by atoms with Crippen LogP contribution in [0.5, 0.6) is 0 Å². The zero-order valence-electron chi connectivity index (χ0n) is 11.7. The Labute approximate surface area is 116 Å². The summed E-state index contributed by atoms with van der Waals surface area (Å²) < 4.78 is 24.1. The van der Waals surface area contributed by atoms with E-state index in [1.165, 1.54) is 0 Å². The minimum atomic E-state index is -3.35. The third kappa shape index (κ3) is 4.62. The predicted octanol–water partition coefficient (Wildman–Crippen LogP) is 3.04. The fourth-order valence-corrected chi connectivity index (χ4v) is 3.91. The average molecular weight is 284 g/mol. The maximum Gasteiger partial charge on any atom is 0.180 e. The minimum Gasteiger partial charge on any atom is -0.392 e. The van der Waals surface area contributed by atoms with Gasteiger partial charge in [-0.3, -0.25) is 0 Å². The number of aliphatic hydroxyl groups is 1. The molecule has 1 atom stereocenters. The normalized spacial score (nSPS) is 17.6. The van der Waals surface area contributed by atoms with Crippen LogP contribution in [0, 0.1) is 5.92 Å². The highest BCUT2D eigenvalue weighted by atomic mass is 32.2. The Kier molecular flexibility index (Phi) is 6.52. The zero-order valence-corrected chi connectivity index (χ0v) is 12.6. The Hall–Kier alpha value is -0.870. The maximum atomic E-state index is 12.0. The van der Waals surface area contributed by atoms with Crippen LogP contribution < -0.4 is 0 Å². The summed E-state index contributed by atoms with van der Waals surface area (Å²) in [5, 5.41) is 9.97. The molecule has 1 aromatic rings. The fraction of sp³-hybridized carbons (Fsp3) is 0.600. The molecule has 0 spiro atoms. The number of benzene rings is 1. The molecule has 3 nitrogen and oxygen atoms in total. The summed E-state index contributed by atoms with van der Waals surface area (Å²) in [6.45, 7) is 4.00. The summed E-state index contributed by atoms with van der Waals surface area (Å²) >= 11 is 0. The van der Waals surface area contributed by atoms with Crippen LogP contribution in [0.25, 0.3) is 0 Å². The Morgan fingerprint density at radius 2 is 1.68 bits per heavy atom. The van der Waals surface area contributed by atoms with Crippen LogP contribution in [0.2, 0.25) is 0 Å². The third-order valence-electron chi connectivity index (χ3n) is 3.44. The number of rotatable bonds is 4. The summed E-state index contributed by atoms with van der Waals surface area (Å²) in [6, 6.07) is 8.35. The molecule has 4 heteroatoms. The van der Waals surface area contributed by atoms with Gasteiger partial charge < -0.3 is 5.11 Å². The molecule has 0 heterocycles. The van der Waals surface area contributed by atoms with Crippen molar-refractivity contribution in [1.29, 1.82) is 0 Å². The van der Waals surface area contributed by atoms with Crippen molar-refractivity contribution in [2.24, 2.45) is 5.92 Å². The van der Waals surface area contributed by atoms with E-state index in [2.05, 4.69) is 0 Å². The third-order valence-corrected chi connectivity index (χ3v) is 5.21. The van der Waals surface area contributed by atoms with Crippen molar-refractivity contribution in [1.82, 2.24) is 0 Å². The van der Waals surface area contributed by atoms with E-state index in [1.54, 1.807) is 30.3 Å². The lowest BCUT2D eigenvalue weighted by molar-refractivity contribution is 0.131. The van der Waals surface area contributed by atoms with E-state index in [-0.39, 0.29) is 11.7 Å². The summed E-state index contributed by atoms with van der Waals surface area (Å²) in [5.74, 6) is 0.00953. The van der Waals surface area contributed by atoms with E-state index in [4.69, 9.17) is 0 Å². The van der Waals surface area contributed by atoms with E-state index in [9.17, 15) is 13.5 Å². The topological polar surface area (TPSA) is 54.4 Å². The highest BCUT2D eigenvalue weighted by Gasteiger charge is 2.28. The lowest BCUT2D eigenvalue weighted by Crippen LogP contribution is -2.27. The van der Waals surface area contributed by atoms with E-state index >= 15 is 0 Å². The highest BCUT2D eigenvalue weighted by molar-refractivity contribution is 7.91. The average Bonchev–Trinajstić information content (AvgIpc) is 2.96. The molecule has 1 saturated carbocycles. The Morgan fingerprint density at radius 3 is 2.21 bits per heavy atom. The van der Waals surface area contributed by atoms with Crippen molar-refractivity contribution in [2.45, 2.75) is 50.5 Å². The standard InChI is InChI=1S/C13H18O3S.C2H6/c14-13(11-6-4-5-7-11)10-17(15,16)12-8-2-1-3-9-12;1-2/h1-3,8-9,11,13-14H,4-7,10H2;1-2H3/t13-;/m0./s1. The van der Waals surface area contributed by atoms with E-state index in [0.29, 0.717) is 4.90 Å². The predicted molar refractivity (Wildman–Crippen MR) is 77.8 cm³/mol. The molecule has 1 aliphatic rings. The first-order valence-electron chi connectivity index (χ1n) is 7.05. The molecule has 1 N–H and O–H groups in total. The van der Waals surface area contributed by atoms with Gasteiger partial charge in [0.25, 0.3) is 0 Å². The molecule has 0 unspecified atom stereocenters. The highest BCUT2D eigenvalue weighted by Crippen LogP contribution is 2.29. The van der Waals surface area contributed by atoms with E-state index in [0.717, 1.165) is 25.7 Å². The minimum absolute atomic E-state index is 0.151. The van der Waals surface area contributed by atoms with Crippen molar-refractivity contribution >= 4 is 9.84 Å². The molecule has 0 radical (unpaired) electrons. The Balaban J connectivity index is 0.000000861. The lowest BCUT2D eigenvalue weighted by Gasteiger charge is -2.17. The van der Waals surface area contributed by atoms with Gasteiger partial charge in [-0.1, -0.05) is 44.9 Å². The molecule has 1 fully saturated rings. The van der Waals surface area contributed by atoms with Crippen molar-refractivity contribution in [2.75, 3.05) is 5.75 Å². The molecule has 1 aliphatic carbocycles. The molecule has 2 rings (SSSR count). The van der Waals surface area contributed by atoms with E-state index < -0.39 is 15.9 Å². The molecular formula is C15H24O3S. The summed E-state index contributed by atoms with van der Waals surface area (Å²) in [7, 11) is -3.35.